The highest BCUT2D eigenvalue weighted by Gasteiger charge is 2.41. The fourth-order valence-electron chi connectivity index (χ4n) is 3.42. The molecule has 1 amide bonds. The van der Waals surface area contributed by atoms with Gasteiger partial charge in [-0.05, 0) is 40.0 Å². The van der Waals surface area contributed by atoms with Gasteiger partial charge >= 0.3 is 6.09 Å². The molecule has 0 aliphatic carbocycles. The minimum absolute atomic E-state index is 0.0136. The van der Waals surface area contributed by atoms with Gasteiger partial charge in [0.2, 0.25) is 0 Å². The third-order valence-corrected chi connectivity index (χ3v) is 4.36. The molecule has 2 rings (SSSR count). The van der Waals surface area contributed by atoms with Crippen molar-refractivity contribution in [3.8, 4) is 0 Å². The Labute approximate surface area is 136 Å². The van der Waals surface area contributed by atoms with Crippen molar-refractivity contribution in [2.45, 2.75) is 64.1 Å². The van der Waals surface area contributed by atoms with Crippen molar-refractivity contribution in [2.75, 3.05) is 26.3 Å². The highest BCUT2D eigenvalue weighted by Crippen LogP contribution is 2.31. The Balaban J connectivity index is 2.02. The summed E-state index contributed by atoms with van der Waals surface area (Å²) >= 11 is 0. The minimum atomic E-state index is -2.37. The monoisotopic (exact) mass is 334 g/mol. The molecule has 2 saturated heterocycles. The molecule has 2 fully saturated rings. The number of rotatable bonds is 4. The van der Waals surface area contributed by atoms with Gasteiger partial charge in [-0.2, -0.15) is 0 Å². The number of ether oxygens (including phenoxy) is 2. The summed E-state index contributed by atoms with van der Waals surface area (Å²) in [6.07, 6.45) is -0.236. The number of amides is 1. The van der Waals surface area contributed by atoms with Crippen LogP contribution in [0.1, 0.15) is 40.0 Å². The molecule has 134 valence electrons. The predicted molar refractivity (Wildman–Crippen MR) is 82.7 cm³/mol. The van der Waals surface area contributed by atoms with E-state index in [1.165, 1.54) is 0 Å². The minimum Gasteiger partial charge on any atom is -0.444 e. The lowest BCUT2D eigenvalue weighted by Crippen LogP contribution is -2.53. The Morgan fingerprint density at radius 1 is 1.39 bits per heavy atom. The number of likely N-dealkylation sites (tertiary alicyclic amines) is 1. The van der Waals surface area contributed by atoms with Crippen molar-refractivity contribution in [1.29, 1.82) is 0 Å². The molecule has 2 aliphatic heterocycles. The second-order valence-electron chi connectivity index (χ2n) is 7.32. The summed E-state index contributed by atoms with van der Waals surface area (Å²) in [5, 5.41) is 2.95. The first-order valence-corrected chi connectivity index (χ1v) is 8.37. The first-order valence-electron chi connectivity index (χ1n) is 8.37. The van der Waals surface area contributed by atoms with Gasteiger partial charge in [-0.25, -0.2) is 13.6 Å². The molecule has 0 bridgehead atoms. The summed E-state index contributed by atoms with van der Waals surface area (Å²) in [7, 11) is 0. The maximum atomic E-state index is 12.5. The molecule has 2 aliphatic rings. The second kappa shape index (κ2) is 7.75. The summed E-state index contributed by atoms with van der Waals surface area (Å²) in [5.41, 5.74) is -0.541. The molecule has 0 aromatic rings. The Kier molecular flexibility index (Phi) is 6.19. The molecule has 0 spiro atoms. The maximum Gasteiger partial charge on any atom is 0.410 e. The molecule has 5 nitrogen and oxygen atoms in total. The Morgan fingerprint density at radius 3 is 2.78 bits per heavy atom. The quantitative estimate of drug-likeness (QED) is 0.859. The van der Waals surface area contributed by atoms with Gasteiger partial charge in [0.25, 0.3) is 6.43 Å². The van der Waals surface area contributed by atoms with Crippen LogP contribution in [0.3, 0.4) is 0 Å². The number of hydrogen-bond acceptors (Lipinski definition) is 4. The standard InChI is InChI=1S/C16H28F2N2O3/c1-16(2,3)23-15(21)20-7-4-5-13(20)11-10-22-8-6-12(11)19-9-14(17)18/h11-14,19H,4-10H2,1-3H3. The van der Waals surface area contributed by atoms with Crippen LogP contribution in [0.15, 0.2) is 0 Å². The van der Waals surface area contributed by atoms with E-state index in [9.17, 15) is 13.6 Å². The number of halogens is 2. The summed E-state index contributed by atoms with van der Waals surface area (Å²) in [6, 6.07) is -0.0638. The maximum absolute atomic E-state index is 12.5. The van der Waals surface area contributed by atoms with Gasteiger partial charge in [0, 0.05) is 31.2 Å². The van der Waals surface area contributed by atoms with E-state index in [1.807, 2.05) is 20.8 Å². The second-order valence-corrected chi connectivity index (χ2v) is 7.32. The van der Waals surface area contributed by atoms with Crippen molar-refractivity contribution >= 4 is 6.09 Å². The van der Waals surface area contributed by atoms with Crippen LogP contribution in [0.2, 0.25) is 0 Å². The molecule has 3 atom stereocenters. The molecule has 0 aromatic heterocycles. The smallest absolute Gasteiger partial charge is 0.410 e. The lowest BCUT2D eigenvalue weighted by molar-refractivity contribution is -0.0190. The summed E-state index contributed by atoms with van der Waals surface area (Å²) in [4.78, 5) is 14.2. The van der Waals surface area contributed by atoms with E-state index in [-0.39, 0.29) is 30.6 Å². The summed E-state index contributed by atoms with van der Waals surface area (Å²) < 4.78 is 36.0. The van der Waals surface area contributed by atoms with E-state index in [0.29, 0.717) is 26.2 Å². The molecular formula is C16H28F2N2O3. The lowest BCUT2D eigenvalue weighted by Gasteiger charge is -2.40. The first-order chi connectivity index (χ1) is 10.8. The molecule has 7 heteroatoms. The van der Waals surface area contributed by atoms with Crippen molar-refractivity contribution < 1.29 is 23.0 Å². The van der Waals surface area contributed by atoms with Crippen LogP contribution in [-0.2, 0) is 9.47 Å². The van der Waals surface area contributed by atoms with Gasteiger partial charge < -0.3 is 19.7 Å². The average Bonchev–Trinajstić information content (AvgIpc) is 2.93. The van der Waals surface area contributed by atoms with Crippen LogP contribution in [0.4, 0.5) is 13.6 Å². The molecule has 0 aromatic carbocycles. The molecule has 1 N–H and O–H groups in total. The Morgan fingerprint density at radius 2 is 2.13 bits per heavy atom. The lowest BCUT2D eigenvalue weighted by atomic mass is 9.87. The van der Waals surface area contributed by atoms with E-state index in [4.69, 9.17) is 9.47 Å². The number of carbonyl (C=O) groups is 1. The fraction of sp³-hybridized carbons (Fsp3) is 0.938. The van der Waals surface area contributed by atoms with E-state index in [2.05, 4.69) is 5.32 Å². The Hall–Kier alpha value is -0.950. The third kappa shape index (κ3) is 5.28. The van der Waals surface area contributed by atoms with Gasteiger partial charge in [-0.3, -0.25) is 0 Å². The van der Waals surface area contributed by atoms with Gasteiger partial charge in [0.15, 0.2) is 0 Å². The van der Waals surface area contributed by atoms with Crippen molar-refractivity contribution in [1.82, 2.24) is 10.2 Å². The van der Waals surface area contributed by atoms with Crippen LogP contribution in [0, 0.1) is 5.92 Å². The molecule has 0 radical (unpaired) electrons. The zero-order valence-electron chi connectivity index (χ0n) is 14.2. The van der Waals surface area contributed by atoms with Crippen LogP contribution >= 0.6 is 0 Å². The van der Waals surface area contributed by atoms with Gasteiger partial charge in [0.05, 0.1) is 13.2 Å². The first kappa shape index (κ1) is 18.4. The van der Waals surface area contributed by atoms with Crippen molar-refractivity contribution in [3.63, 3.8) is 0 Å². The highest BCUT2D eigenvalue weighted by molar-refractivity contribution is 5.69. The predicted octanol–water partition coefficient (Wildman–Crippen LogP) is 2.65. The number of nitrogens with one attached hydrogen (secondary N) is 1. The van der Waals surface area contributed by atoms with Crippen molar-refractivity contribution in [3.05, 3.63) is 0 Å². The number of nitrogens with zero attached hydrogens (tertiary/aromatic N) is 1. The average molecular weight is 334 g/mol. The summed E-state index contributed by atoms with van der Waals surface area (Å²) in [5.74, 6) is 0.0255. The van der Waals surface area contributed by atoms with Crippen LogP contribution in [-0.4, -0.2) is 61.4 Å². The van der Waals surface area contributed by atoms with Crippen molar-refractivity contribution in [2.24, 2.45) is 5.92 Å². The van der Waals surface area contributed by atoms with Crippen LogP contribution in [0.25, 0.3) is 0 Å². The largest absolute Gasteiger partial charge is 0.444 e. The molecule has 0 saturated carbocycles. The van der Waals surface area contributed by atoms with E-state index in [0.717, 1.165) is 12.8 Å². The highest BCUT2D eigenvalue weighted by atomic mass is 19.3. The van der Waals surface area contributed by atoms with Crippen LogP contribution in [0.5, 0.6) is 0 Å². The fourth-order valence-corrected chi connectivity index (χ4v) is 3.42. The summed E-state index contributed by atoms with van der Waals surface area (Å²) in [6.45, 7) is 6.91. The molecular weight excluding hydrogens is 306 g/mol. The molecule has 2 heterocycles. The molecule has 3 unspecified atom stereocenters. The van der Waals surface area contributed by atoms with Gasteiger partial charge in [0.1, 0.15) is 5.60 Å². The van der Waals surface area contributed by atoms with Gasteiger partial charge in [-0.1, -0.05) is 0 Å². The van der Waals surface area contributed by atoms with E-state index >= 15 is 0 Å². The normalized spacial score (nSPS) is 29.1. The third-order valence-electron chi connectivity index (χ3n) is 4.36. The zero-order chi connectivity index (χ0) is 17.0. The van der Waals surface area contributed by atoms with E-state index in [1.54, 1.807) is 4.90 Å². The Bertz CT molecular complexity index is 401. The molecule has 23 heavy (non-hydrogen) atoms. The SMILES string of the molecule is CC(C)(C)OC(=O)N1CCCC1C1COCCC1NCC(F)F. The van der Waals surface area contributed by atoms with E-state index < -0.39 is 12.0 Å². The van der Waals surface area contributed by atoms with Crippen LogP contribution < -0.4 is 5.32 Å². The zero-order valence-corrected chi connectivity index (χ0v) is 14.2. The number of hydrogen-bond donors (Lipinski definition) is 1. The van der Waals surface area contributed by atoms with Gasteiger partial charge in [-0.15, -0.1) is 0 Å². The number of alkyl halides is 2. The topological polar surface area (TPSA) is 50.8 Å². The number of carbonyl (C=O) groups excluding carboxylic acids is 1.